The first-order valence-electron chi connectivity index (χ1n) is 11.8. The van der Waals surface area contributed by atoms with Crippen LogP contribution in [0.3, 0.4) is 0 Å². The van der Waals surface area contributed by atoms with Gasteiger partial charge in [-0.15, -0.1) is 0 Å². The molecule has 0 aliphatic carbocycles. The van der Waals surface area contributed by atoms with E-state index in [-0.39, 0.29) is 17.5 Å². The van der Waals surface area contributed by atoms with E-state index in [1.807, 2.05) is 24.3 Å². The van der Waals surface area contributed by atoms with Gasteiger partial charge in [0.25, 0.3) is 14.2 Å². The van der Waals surface area contributed by atoms with Gasteiger partial charge in [-0.25, -0.2) is 4.98 Å². The molecule has 4 rings (SSSR count). The molecule has 1 fully saturated rings. The van der Waals surface area contributed by atoms with E-state index in [9.17, 15) is 4.79 Å². The largest absolute Gasteiger partial charge is 0.531 e. The number of aliphatic imine (C=N–C) groups is 1. The lowest BCUT2D eigenvalue weighted by atomic mass is 10.2. The van der Waals surface area contributed by atoms with Crippen molar-refractivity contribution < 1.29 is 9.22 Å². The molecule has 1 saturated heterocycles. The number of rotatable bonds is 6. The quantitative estimate of drug-likeness (QED) is 0.487. The minimum absolute atomic E-state index is 0.0469. The number of nitrogens with two attached hydrogens (primary N) is 1. The topological polar surface area (TPSA) is 96.9 Å². The second-order valence-electron chi connectivity index (χ2n) is 10.4. The molecular formula is C25H34N6O2Si. The van der Waals surface area contributed by atoms with Gasteiger partial charge in [-0.05, 0) is 55.2 Å². The van der Waals surface area contributed by atoms with E-state index in [0.717, 1.165) is 18.9 Å². The molecule has 1 amide bonds. The van der Waals surface area contributed by atoms with Gasteiger partial charge in [-0.2, -0.15) is 4.98 Å². The molecule has 0 atom stereocenters. The lowest BCUT2D eigenvalue weighted by molar-refractivity contribution is -0.114. The fourth-order valence-electron chi connectivity index (χ4n) is 3.69. The monoisotopic (exact) mass is 478 g/mol. The van der Waals surface area contributed by atoms with Crippen molar-refractivity contribution in [1.29, 1.82) is 0 Å². The van der Waals surface area contributed by atoms with Gasteiger partial charge in [0.15, 0.2) is 0 Å². The van der Waals surface area contributed by atoms with Crippen LogP contribution >= 0.6 is 0 Å². The third-order valence-electron chi connectivity index (χ3n) is 6.81. The summed E-state index contributed by atoms with van der Waals surface area (Å²) in [6, 6.07) is 9.37. The summed E-state index contributed by atoms with van der Waals surface area (Å²) in [5.74, 6) is 1.79. The van der Waals surface area contributed by atoms with Crippen molar-refractivity contribution >= 4 is 37.8 Å². The van der Waals surface area contributed by atoms with E-state index in [4.69, 9.17) is 10.2 Å². The lowest BCUT2D eigenvalue weighted by Crippen LogP contribution is -2.44. The van der Waals surface area contributed by atoms with Gasteiger partial charge in [-0.3, -0.25) is 14.7 Å². The predicted molar refractivity (Wildman–Crippen MR) is 139 cm³/mol. The zero-order valence-electron chi connectivity index (χ0n) is 20.7. The van der Waals surface area contributed by atoms with Gasteiger partial charge in [0, 0.05) is 25.0 Å². The highest BCUT2D eigenvalue weighted by atomic mass is 28.4. The van der Waals surface area contributed by atoms with Crippen LogP contribution in [-0.4, -0.2) is 50.0 Å². The van der Waals surface area contributed by atoms with Crippen LogP contribution in [0.25, 0.3) is 0 Å². The minimum Gasteiger partial charge on any atom is -0.531 e. The molecule has 9 heteroatoms. The molecule has 0 aromatic carbocycles. The van der Waals surface area contributed by atoms with Gasteiger partial charge < -0.3 is 15.1 Å². The number of pyridine rings is 2. The summed E-state index contributed by atoms with van der Waals surface area (Å²) in [5.41, 5.74) is 7.74. The maximum Gasteiger partial charge on any atom is 0.263 e. The molecule has 8 nitrogen and oxygen atoms in total. The molecule has 2 N–H and O–H groups in total. The zero-order chi connectivity index (χ0) is 24.5. The van der Waals surface area contributed by atoms with Gasteiger partial charge in [0.1, 0.15) is 11.6 Å². The molecule has 0 unspecified atom stereocenters. The molecule has 180 valence electrons. The highest BCUT2D eigenvalue weighted by molar-refractivity contribution is 6.74. The highest BCUT2D eigenvalue weighted by Gasteiger charge is 2.39. The van der Waals surface area contributed by atoms with Crippen molar-refractivity contribution in [2.75, 3.05) is 29.4 Å². The van der Waals surface area contributed by atoms with Crippen LogP contribution in [0.15, 0.2) is 52.8 Å². The number of carbonyl (C=O) groups is 1. The first-order valence-corrected chi connectivity index (χ1v) is 14.7. The predicted octanol–water partition coefficient (Wildman–Crippen LogP) is 4.42. The smallest absolute Gasteiger partial charge is 0.263 e. The van der Waals surface area contributed by atoms with Crippen LogP contribution in [0.4, 0.5) is 17.3 Å². The van der Waals surface area contributed by atoms with Crippen LogP contribution in [0, 0.1) is 0 Å². The van der Waals surface area contributed by atoms with Gasteiger partial charge in [0.2, 0.25) is 5.88 Å². The molecular weight excluding hydrogens is 444 g/mol. The normalized spacial score (nSPS) is 17.4. The van der Waals surface area contributed by atoms with E-state index < -0.39 is 8.32 Å². The van der Waals surface area contributed by atoms with Gasteiger partial charge in [-0.1, -0.05) is 26.8 Å². The average Bonchev–Trinajstić information content (AvgIpc) is 3.40. The van der Waals surface area contributed by atoms with Gasteiger partial charge in [0.05, 0.1) is 24.0 Å². The number of amides is 1. The Balaban J connectivity index is 1.46. The molecule has 0 saturated carbocycles. The zero-order valence-corrected chi connectivity index (χ0v) is 21.7. The summed E-state index contributed by atoms with van der Waals surface area (Å²) in [6.07, 6.45) is 5.66. The molecule has 0 spiro atoms. The summed E-state index contributed by atoms with van der Waals surface area (Å²) < 4.78 is 6.32. The molecule has 34 heavy (non-hydrogen) atoms. The summed E-state index contributed by atoms with van der Waals surface area (Å²) >= 11 is 0. The third-order valence-corrected chi connectivity index (χ3v) is 11.1. The lowest BCUT2D eigenvalue weighted by Gasteiger charge is -2.36. The number of anilines is 2. The number of hydrogen-bond donors (Lipinski definition) is 1. The standard InChI is InChI=1S/C25H34N6O2Si/c1-25(2,3)34(4,5)33-23-10-8-9-22(29-23)31-17-20(26)19(24(31)32)16-27-18-11-12-21(28-15-18)30-13-6-7-14-30/h8-12,15-16H,6-7,13-14,17,26H2,1-5H3. The van der Waals surface area contributed by atoms with Crippen molar-refractivity contribution in [2.24, 2.45) is 10.7 Å². The third kappa shape index (κ3) is 4.99. The van der Waals surface area contributed by atoms with Crippen LogP contribution in [0.1, 0.15) is 33.6 Å². The fourth-order valence-corrected chi connectivity index (χ4v) is 4.63. The Bertz CT molecular complexity index is 1110. The van der Waals surface area contributed by atoms with Crippen LogP contribution in [0.2, 0.25) is 18.1 Å². The summed E-state index contributed by atoms with van der Waals surface area (Å²) in [6.45, 7) is 13.2. The minimum atomic E-state index is -2.05. The van der Waals surface area contributed by atoms with Crippen molar-refractivity contribution in [1.82, 2.24) is 9.97 Å². The Hall–Kier alpha value is -3.20. The van der Waals surface area contributed by atoms with Crippen LogP contribution in [-0.2, 0) is 4.79 Å². The maximum atomic E-state index is 13.1. The Morgan fingerprint density at radius 2 is 1.85 bits per heavy atom. The van der Waals surface area contributed by atoms with E-state index >= 15 is 0 Å². The number of hydrogen-bond acceptors (Lipinski definition) is 7. The second kappa shape index (κ2) is 9.21. The van der Waals surface area contributed by atoms with Crippen molar-refractivity contribution in [3.63, 3.8) is 0 Å². The van der Waals surface area contributed by atoms with E-state index in [0.29, 0.717) is 28.7 Å². The molecule has 2 aliphatic heterocycles. The first-order chi connectivity index (χ1) is 16.0. The van der Waals surface area contributed by atoms with Crippen molar-refractivity contribution in [2.45, 2.75) is 51.7 Å². The second-order valence-corrected chi connectivity index (χ2v) is 15.1. The molecule has 2 aromatic rings. The molecule has 4 heterocycles. The molecule has 2 aliphatic rings. The molecule has 0 bridgehead atoms. The average molecular weight is 479 g/mol. The molecule has 0 radical (unpaired) electrons. The molecule has 2 aromatic heterocycles. The van der Waals surface area contributed by atoms with E-state index in [1.54, 1.807) is 17.2 Å². The highest BCUT2D eigenvalue weighted by Crippen LogP contribution is 2.37. The van der Waals surface area contributed by atoms with Crippen LogP contribution in [0.5, 0.6) is 5.88 Å². The first kappa shape index (κ1) is 23.9. The van der Waals surface area contributed by atoms with Crippen LogP contribution < -0.4 is 20.0 Å². The Labute approximate surface area is 202 Å². The number of aromatic nitrogens is 2. The SMILES string of the molecule is CC(C)(C)[Si](C)(C)Oc1cccc(N2CC(N)=C(C=Nc3ccc(N4CCCC4)nc3)C2=O)n1. The number of nitrogens with zero attached hydrogens (tertiary/aromatic N) is 5. The summed E-state index contributed by atoms with van der Waals surface area (Å²) in [4.78, 5) is 30.5. The van der Waals surface area contributed by atoms with E-state index in [1.165, 1.54) is 19.1 Å². The fraction of sp³-hybridized carbons (Fsp3) is 0.440. The van der Waals surface area contributed by atoms with Crippen molar-refractivity contribution in [3.8, 4) is 5.88 Å². The summed E-state index contributed by atoms with van der Waals surface area (Å²) in [7, 11) is -2.05. The van der Waals surface area contributed by atoms with Gasteiger partial charge >= 0.3 is 0 Å². The Morgan fingerprint density at radius 1 is 1.12 bits per heavy atom. The van der Waals surface area contributed by atoms with Crippen molar-refractivity contribution in [3.05, 3.63) is 47.8 Å². The number of carbonyl (C=O) groups excluding carboxylic acids is 1. The Kier molecular flexibility index (Phi) is 6.48. The summed E-state index contributed by atoms with van der Waals surface area (Å²) in [5, 5.41) is 0.0469. The Morgan fingerprint density at radius 3 is 2.50 bits per heavy atom. The maximum absolute atomic E-state index is 13.1. The van der Waals surface area contributed by atoms with E-state index in [2.05, 4.69) is 53.7 Å².